The third-order valence-electron chi connectivity index (χ3n) is 3.96. The number of rotatable bonds is 0. The van der Waals surface area contributed by atoms with E-state index in [0.717, 1.165) is 31.5 Å². The van der Waals surface area contributed by atoms with Crippen LogP contribution in [0.5, 0.6) is 0 Å². The molecule has 1 amide bonds. The van der Waals surface area contributed by atoms with Crippen LogP contribution in [0, 0.1) is 0 Å². The molecule has 0 saturated heterocycles. The van der Waals surface area contributed by atoms with E-state index in [1.165, 1.54) is 16.8 Å². The molecule has 1 aromatic rings. The van der Waals surface area contributed by atoms with Crippen LogP contribution in [0.4, 0.5) is 4.79 Å². The summed E-state index contributed by atoms with van der Waals surface area (Å²) in [5.74, 6) is 0. The summed E-state index contributed by atoms with van der Waals surface area (Å²) >= 11 is 0. The molecule has 21 heavy (non-hydrogen) atoms. The smallest absolute Gasteiger partial charge is 0.410 e. The average Bonchev–Trinajstić information content (AvgIpc) is 2.74. The maximum atomic E-state index is 12.2. The van der Waals surface area contributed by atoms with E-state index in [2.05, 4.69) is 11.3 Å². The van der Waals surface area contributed by atoms with Gasteiger partial charge in [0.05, 0.1) is 12.2 Å². The Labute approximate surface area is 125 Å². The van der Waals surface area contributed by atoms with Crippen LogP contribution in [-0.4, -0.2) is 32.9 Å². The topological polar surface area (TPSA) is 47.4 Å². The van der Waals surface area contributed by atoms with Crippen LogP contribution in [0.15, 0.2) is 12.2 Å². The second-order valence-electron chi connectivity index (χ2n) is 6.92. The Balaban J connectivity index is 1.80. The molecule has 0 N–H and O–H groups in total. The molecular formula is C16H23N3O2. The summed E-state index contributed by atoms with van der Waals surface area (Å²) in [6.45, 7) is 12.0. The van der Waals surface area contributed by atoms with Crippen molar-refractivity contribution in [2.45, 2.75) is 58.7 Å². The first-order valence-corrected chi connectivity index (χ1v) is 7.55. The number of aromatic nitrogens is 2. The van der Waals surface area contributed by atoms with E-state index in [1.807, 2.05) is 20.8 Å². The normalized spacial score (nSPS) is 18.2. The highest BCUT2D eigenvalue weighted by molar-refractivity contribution is 5.68. The van der Waals surface area contributed by atoms with Crippen molar-refractivity contribution in [2.24, 2.45) is 0 Å². The van der Waals surface area contributed by atoms with Crippen molar-refractivity contribution in [1.82, 2.24) is 14.7 Å². The van der Waals surface area contributed by atoms with Gasteiger partial charge in [0, 0.05) is 37.2 Å². The largest absolute Gasteiger partial charge is 0.444 e. The zero-order chi connectivity index (χ0) is 15.2. The van der Waals surface area contributed by atoms with Gasteiger partial charge in [0.25, 0.3) is 0 Å². The van der Waals surface area contributed by atoms with E-state index in [-0.39, 0.29) is 6.09 Å². The number of amides is 1. The molecule has 3 heterocycles. The predicted octanol–water partition coefficient (Wildman–Crippen LogP) is 2.68. The van der Waals surface area contributed by atoms with Crippen LogP contribution in [0.1, 0.15) is 44.1 Å². The minimum atomic E-state index is -0.454. The number of hydrogen-bond acceptors (Lipinski definition) is 3. The molecule has 114 valence electrons. The Hall–Kier alpha value is -1.78. The molecule has 0 unspecified atom stereocenters. The Morgan fingerprint density at radius 2 is 2.05 bits per heavy atom. The number of ether oxygens (including phenoxy) is 1. The van der Waals surface area contributed by atoms with Gasteiger partial charge in [0.1, 0.15) is 5.60 Å². The molecule has 0 atom stereocenters. The summed E-state index contributed by atoms with van der Waals surface area (Å²) in [7, 11) is 0. The standard InChI is InChI=1S/C16H23N3O2/c1-11-5-8-19-14(9-11)12-10-18(7-6-13(12)17-19)15(20)21-16(2,3)4/h1,5-10H2,2-4H3. The summed E-state index contributed by atoms with van der Waals surface area (Å²) in [6.07, 6.45) is 2.46. The maximum Gasteiger partial charge on any atom is 0.410 e. The van der Waals surface area contributed by atoms with Gasteiger partial charge in [-0.15, -0.1) is 0 Å². The first-order chi connectivity index (χ1) is 9.83. The molecule has 0 aromatic carbocycles. The second-order valence-corrected chi connectivity index (χ2v) is 6.92. The molecule has 2 aliphatic heterocycles. The van der Waals surface area contributed by atoms with Crippen LogP contribution in [0.25, 0.3) is 0 Å². The van der Waals surface area contributed by atoms with Gasteiger partial charge < -0.3 is 9.64 Å². The van der Waals surface area contributed by atoms with Crippen molar-refractivity contribution in [2.75, 3.05) is 6.54 Å². The number of aryl methyl sites for hydroxylation is 1. The minimum Gasteiger partial charge on any atom is -0.444 e. The Kier molecular flexibility index (Phi) is 3.30. The molecule has 0 saturated carbocycles. The lowest BCUT2D eigenvalue weighted by Crippen LogP contribution is -2.40. The zero-order valence-electron chi connectivity index (χ0n) is 13.1. The molecule has 5 nitrogen and oxygen atoms in total. The molecular weight excluding hydrogens is 266 g/mol. The summed E-state index contributed by atoms with van der Waals surface area (Å²) < 4.78 is 7.57. The van der Waals surface area contributed by atoms with Crippen molar-refractivity contribution in [3.8, 4) is 0 Å². The lowest BCUT2D eigenvalue weighted by Gasteiger charge is -2.30. The number of allylic oxidation sites excluding steroid dienone is 1. The van der Waals surface area contributed by atoms with Gasteiger partial charge in [-0.25, -0.2) is 4.79 Å². The van der Waals surface area contributed by atoms with Crippen LogP contribution in [0.2, 0.25) is 0 Å². The van der Waals surface area contributed by atoms with Crippen LogP contribution >= 0.6 is 0 Å². The Morgan fingerprint density at radius 3 is 2.76 bits per heavy atom. The SMILES string of the molecule is C=C1CCn2nc3c(c2C1)CN(C(=O)OC(C)(C)C)CC3. The van der Waals surface area contributed by atoms with Crippen molar-refractivity contribution < 1.29 is 9.53 Å². The number of carbonyl (C=O) groups excluding carboxylic acids is 1. The van der Waals surface area contributed by atoms with Gasteiger partial charge in [-0.3, -0.25) is 4.68 Å². The molecule has 3 rings (SSSR count). The van der Waals surface area contributed by atoms with E-state index in [0.29, 0.717) is 13.1 Å². The molecule has 0 fully saturated rings. The molecule has 0 radical (unpaired) electrons. The fourth-order valence-electron chi connectivity index (χ4n) is 2.94. The third kappa shape index (κ3) is 2.82. The van der Waals surface area contributed by atoms with E-state index in [9.17, 15) is 4.79 Å². The summed E-state index contributed by atoms with van der Waals surface area (Å²) in [4.78, 5) is 14.0. The molecule has 0 bridgehead atoms. The molecule has 0 aliphatic carbocycles. The first-order valence-electron chi connectivity index (χ1n) is 7.55. The lowest BCUT2D eigenvalue weighted by molar-refractivity contribution is 0.0223. The second kappa shape index (κ2) is 4.90. The van der Waals surface area contributed by atoms with Crippen molar-refractivity contribution in [1.29, 1.82) is 0 Å². The molecule has 0 spiro atoms. The lowest BCUT2D eigenvalue weighted by atomic mass is 9.98. The average molecular weight is 289 g/mol. The van der Waals surface area contributed by atoms with E-state index < -0.39 is 5.60 Å². The fraction of sp³-hybridized carbons (Fsp3) is 0.625. The quantitative estimate of drug-likeness (QED) is 0.690. The minimum absolute atomic E-state index is 0.234. The van der Waals surface area contributed by atoms with Crippen molar-refractivity contribution in [3.63, 3.8) is 0 Å². The Bertz CT molecular complexity index is 595. The maximum absolute atomic E-state index is 12.2. The molecule has 1 aromatic heterocycles. The highest BCUT2D eigenvalue weighted by atomic mass is 16.6. The number of hydrogen-bond donors (Lipinski definition) is 0. The summed E-state index contributed by atoms with van der Waals surface area (Å²) in [6, 6.07) is 0. The molecule has 2 aliphatic rings. The van der Waals surface area contributed by atoms with Gasteiger partial charge in [-0.1, -0.05) is 12.2 Å². The van der Waals surface area contributed by atoms with Crippen LogP contribution < -0.4 is 0 Å². The predicted molar refractivity (Wildman–Crippen MR) is 80.0 cm³/mol. The van der Waals surface area contributed by atoms with Crippen molar-refractivity contribution >= 4 is 6.09 Å². The van der Waals surface area contributed by atoms with Gasteiger partial charge in [0.15, 0.2) is 0 Å². The highest BCUT2D eigenvalue weighted by Crippen LogP contribution is 2.28. The van der Waals surface area contributed by atoms with Gasteiger partial charge in [-0.05, 0) is 27.2 Å². The van der Waals surface area contributed by atoms with E-state index in [1.54, 1.807) is 4.90 Å². The monoisotopic (exact) mass is 289 g/mol. The van der Waals surface area contributed by atoms with Gasteiger partial charge in [-0.2, -0.15) is 5.10 Å². The van der Waals surface area contributed by atoms with E-state index >= 15 is 0 Å². The van der Waals surface area contributed by atoms with Gasteiger partial charge >= 0.3 is 6.09 Å². The Morgan fingerprint density at radius 1 is 1.29 bits per heavy atom. The number of carbonyl (C=O) groups is 1. The first kappa shape index (κ1) is 14.2. The highest BCUT2D eigenvalue weighted by Gasteiger charge is 2.30. The summed E-state index contributed by atoms with van der Waals surface area (Å²) in [5.41, 5.74) is 4.37. The number of fused-ring (bicyclic) bond motifs is 3. The fourth-order valence-corrected chi connectivity index (χ4v) is 2.94. The van der Waals surface area contributed by atoms with Crippen LogP contribution in [-0.2, 0) is 30.7 Å². The van der Waals surface area contributed by atoms with E-state index in [4.69, 9.17) is 9.84 Å². The van der Waals surface area contributed by atoms with Crippen LogP contribution in [0.3, 0.4) is 0 Å². The van der Waals surface area contributed by atoms with Crippen molar-refractivity contribution in [3.05, 3.63) is 29.1 Å². The van der Waals surface area contributed by atoms with Gasteiger partial charge in [0.2, 0.25) is 0 Å². The summed E-state index contributed by atoms with van der Waals surface area (Å²) in [5, 5.41) is 4.69. The molecule has 5 heteroatoms. The third-order valence-corrected chi connectivity index (χ3v) is 3.96. The zero-order valence-corrected chi connectivity index (χ0v) is 13.1. The number of nitrogens with zero attached hydrogens (tertiary/aromatic N) is 3.